The fourth-order valence-electron chi connectivity index (χ4n) is 3.72. The Labute approximate surface area is 212 Å². The number of hydrogen-bond acceptors (Lipinski definition) is 6. The Balaban J connectivity index is 1.52. The Morgan fingerprint density at radius 1 is 1.24 bits per heavy atom. The van der Waals surface area contributed by atoms with Gasteiger partial charge in [-0.25, -0.2) is 4.39 Å². The molecule has 0 unspecified atom stereocenters. The molecule has 2 aromatic rings. The van der Waals surface area contributed by atoms with Crippen LogP contribution in [0.4, 0.5) is 4.39 Å². The number of morpholine rings is 1. The fraction of sp³-hybridized carbons (Fsp3) is 0.400. The summed E-state index contributed by atoms with van der Waals surface area (Å²) < 4.78 is 117. The van der Waals surface area contributed by atoms with Crippen LogP contribution in [0.15, 0.2) is 36.3 Å². The number of benzene rings is 2. The number of halogens is 1. The van der Waals surface area contributed by atoms with E-state index < -0.39 is 109 Å². The summed E-state index contributed by atoms with van der Waals surface area (Å²) in [6, 6.07) is -7.55. The highest BCUT2D eigenvalue weighted by atomic mass is 19.1. The van der Waals surface area contributed by atoms with Gasteiger partial charge in [0.1, 0.15) is 24.2 Å². The van der Waals surface area contributed by atoms with Crippen LogP contribution in [-0.4, -0.2) is 59.8 Å². The van der Waals surface area contributed by atoms with E-state index in [2.05, 4.69) is 0 Å². The summed E-state index contributed by atoms with van der Waals surface area (Å²) in [7, 11) is 0. The zero-order chi connectivity index (χ0) is 33.4. The Kier molecular flexibility index (Phi) is 3.63. The summed E-state index contributed by atoms with van der Waals surface area (Å²) >= 11 is 0. The van der Waals surface area contributed by atoms with Crippen molar-refractivity contribution in [1.82, 2.24) is 15.1 Å². The molecule has 3 amide bonds. The number of fused-ring (bicyclic) bond motifs is 1. The normalized spacial score (nSPS) is 30.7. The third kappa shape index (κ3) is 4.53. The molecule has 2 aromatic carbocycles. The molecular formula is C25H26FN3O5. The standard InChI is InChI=1S/C25H26FN3O5/c26-20-12-16(13-28-8-10-33-11-9-28)4-5-17(20)15-34-22-3-1-2-18-19(22)14-29(25(18)32)21-6-7-23(30)27-24(21)31/h1-5,12,21H,6-11,13-15H2,(H,27,30,31)/t21-/m1/s1/i1D,2D,3D,4D,5D,6D2,7D2,12D,21D. The maximum atomic E-state index is 15.5. The highest BCUT2D eigenvalue weighted by Gasteiger charge is 2.40. The molecule has 0 bridgehead atoms. The summed E-state index contributed by atoms with van der Waals surface area (Å²) in [4.78, 5) is 40.5. The number of ether oxygens (including phenoxy) is 2. The second-order valence-electron chi connectivity index (χ2n) is 7.65. The Morgan fingerprint density at radius 2 is 2.06 bits per heavy atom. The zero-order valence-corrected chi connectivity index (χ0v) is 17.8. The minimum absolute atomic E-state index is 0.0277. The largest absolute Gasteiger partial charge is 0.488 e. The molecule has 0 aromatic heterocycles. The zero-order valence-electron chi connectivity index (χ0n) is 28.8. The van der Waals surface area contributed by atoms with Crippen molar-refractivity contribution in [2.45, 2.75) is 38.5 Å². The molecule has 178 valence electrons. The van der Waals surface area contributed by atoms with Gasteiger partial charge in [-0.15, -0.1) is 0 Å². The van der Waals surface area contributed by atoms with Crippen molar-refractivity contribution in [3.05, 3.63) is 64.3 Å². The summed E-state index contributed by atoms with van der Waals surface area (Å²) in [5.74, 6) is -6.45. The first-order valence-corrected chi connectivity index (χ1v) is 10.4. The molecule has 0 spiro atoms. The van der Waals surface area contributed by atoms with Gasteiger partial charge in [-0.2, -0.15) is 0 Å². The number of nitrogens with zero attached hydrogens (tertiary/aromatic N) is 2. The number of carbonyl (C=O) groups is 3. The molecule has 1 atom stereocenters. The van der Waals surface area contributed by atoms with Gasteiger partial charge in [0.05, 0.1) is 29.4 Å². The van der Waals surface area contributed by atoms with E-state index in [9.17, 15) is 14.4 Å². The minimum Gasteiger partial charge on any atom is -0.488 e. The Bertz CT molecular complexity index is 1620. The SMILES string of the molecule is [2H]c1c([2H])c(OCc2c([2H])c([2H])c(CN3CCOCC3)c([2H])c2F)c2c(c1[2H])C(=O)N([C@@]1([2H])C(=O)NC(=O)C([2H])([2H])C1([2H])[2H])C2. The predicted molar refractivity (Wildman–Crippen MR) is 119 cm³/mol. The van der Waals surface area contributed by atoms with Crippen LogP contribution in [0.1, 0.15) is 54.9 Å². The first-order valence-electron chi connectivity index (χ1n) is 15.9. The predicted octanol–water partition coefficient (Wildman–Crippen LogP) is 2.00. The Hall–Kier alpha value is -3.30. The second kappa shape index (κ2) is 9.52. The molecule has 3 heterocycles. The van der Waals surface area contributed by atoms with Crippen LogP contribution in [0.5, 0.6) is 5.75 Å². The summed E-state index contributed by atoms with van der Waals surface area (Å²) in [5, 5.41) is 1.56. The molecule has 2 fully saturated rings. The fourth-order valence-corrected chi connectivity index (χ4v) is 3.72. The van der Waals surface area contributed by atoms with Crippen LogP contribution in [0, 0.1) is 5.82 Å². The van der Waals surface area contributed by atoms with Crippen LogP contribution in [0.2, 0.25) is 0 Å². The van der Waals surface area contributed by atoms with Crippen LogP contribution in [0.25, 0.3) is 0 Å². The van der Waals surface area contributed by atoms with Gasteiger partial charge >= 0.3 is 0 Å². The molecule has 3 aliphatic rings. The lowest BCUT2D eigenvalue weighted by molar-refractivity contribution is -0.136. The van der Waals surface area contributed by atoms with Crippen molar-refractivity contribution in [3.63, 3.8) is 0 Å². The van der Waals surface area contributed by atoms with E-state index in [4.69, 9.17) is 24.6 Å². The van der Waals surface area contributed by atoms with Gasteiger partial charge in [0.2, 0.25) is 11.8 Å². The second-order valence-corrected chi connectivity index (χ2v) is 7.65. The summed E-state index contributed by atoms with van der Waals surface area (Å²) in [6.07, 6.45) is -7.07. The highest BCUT2D eigenvalue weighted by molar-refractivity contribution is 6.05. The van der Waals surface area contributed by atoms with Gasteiger partial charge in [-0.05, 0) is 30.1 Å². The molecule has 0 radical (unpaired) electrons. The van der Waals surface area contributed by atoms with Gasteiger partial charge in [0.25, 0.3) is 5.91 Å². The topological polar surface area (TPSA) is 88.2 Å². The van der Waals surface area contributed by atoms with Crippen molar-refractivity contribution in [2.75, 3.05) is 26.3 Å². The van der Waals surface area contributed by atoms with Crippen molar-refractivity contribution in [1.29, 1.82) is 0 Å². The maximum Gasteiger partial charge on any atom is 0.255 e. The molecule has 2 saturated heterocycles. The van der Waals surface area contributed by atoms with E-state index in [0.29, 0.717) is 26.3 Å². The van der Waals surface area contributed by atoms with Gasteiger partial charge in [-0.3, -0.25) is 24.6 Å². The summed E-state index contributed by atoms with van der Waals surface area (Å²) in [5.41, 5.74) is -1.60. The number of hydrogen-bond donors (Lipinski definition) is 1. The number of nitrogens with one attached hydrogen (secondary N) is 1. The molecule has 0 aliphatic carbocycles. The van der Waals surface area contributed by atoms with E-state index in [-0.39, 0.29) is 22.6 Å². The van der Waals surface area contributed by atoms with Gasteiger partial charge in [-0.1, -0.05) is 18.1 Å². The third-order valence-corrected chi connectivity index (χ3v) is 5.46. The Morgan fingerprint density at radius 3 is 2.88 bits per heavy atom. The molecule has 9 heteroatoms. The van der Waals surface area contributed by atoms with Crippen molar-refractivity contribution in [3.8, 4) is 5.75 Å². The average Bonchev–Trinajstić information content (AvgIpc) is 3.34. The lowest BCUT2D eigenvalue weighted by atomic mass is 10.0. The molecule has 8 nitrogen and oxygen atoms in total. The smallest absolute Gasteiger partial charge is 0.255 e. The lowest BCUT2D eigenvalue weighted by Gasteiger charge is -2.29. The van der Waals surface area contributed by atoms with Crippen molar-refractivity contribution in [2.24, 2.45) is 0 Å². The van der Waals surface area contributed by atoms with Crippen LogP contribution < -0.4 is 10.1 Å². The number of carbonyl (C=O) groups excluding carboxylic acids is 3. The lowest BCUT2D eigenvalue weighted by Crippen LogP contribution is -2.52. The quantitative estimate of drug-likeness (QED) is 0.639. The molecule has 1 N–H and O–H groups in total. The van der Waals surface area contributed by atoms with E-state index >= 15 is 4.39 Å². The van der Waals surface area contributed by atoms with E-state index in [1.165, 1.54) is 0 Å². The summed E-state index contributed by atoms with van der Waals surface area (Å²) in [6.45, 7) is 0.0605. The van der Waals surface area contributed by atoms with Crippen molar-refractivity contribution < 1.29 is 43.3 Å². The van der Waals surface area contributed by atoms with Gasteiger partial charge in [0, 0.05) is 48.2 Å². The molecule has 3 aliphatic heterocycles. The molecule has 34 heavy (non-hydrogen) atoms. The van der Waals surface area contributed by atoms with E-state index in [1.54, 1.807) is 5.32 Å². The number of piperidine rings is 1. The number of rotatable bonds is 6. The third-order valence-electron chi connectivity index (χ3n) is 5.46. The number of imide groups is 1. The number of amides is 3. The highest BCUT2D eigenvalue weighted by Crippen LogP contribution is 2.34. The minimum atomic E-state index is -3.62. The maximum absolute atomic E-state index is 15.5. The van der Waals surface area contributed by atoms with Gasteiger partial charge < -0.3 is 14.4 Å². The molecular weight excluding hydrogens is 441 g/mol. The first kappa shape index (κ1) is 13.0. The van der Waals surface area contributed by atoms with Gasteiger partial charge in [0.15, 0.2) is 0 Å². The van der Waals surface area contributed by atoms with Crippen LogP contribution in [0.3, 0.4) is 0 Å². The van der Waals surface area contributed by atoms with E-state index in [0.717, 1.165) is 0 Å². The molecule has 0 saturated carbocycles. The molecule has 5 rings (SSSR count). The first-order chi connectivity index (χ1) is 20.9. The van der Waals surface area contributed by atoms with Crippen molar-refractivity contribution >= 4 is 17.7 Å². The average molecular weight is 479 g/mol. The van der Waals surface area contributed by atoms with E-state index in [1.807, 2.05) is 4.90 Å². The van der Waals surface area contributed by atoms with Crippen LogP contribution >= 0.6 is 0 Å². The monoisotopic (exact) mass is 478 g/mol. The van der Waals surface area contributed by atoms with Crippen LogP contribution in [-0.2, 0) is 34.0 Å².